The first kappa shape index (κ1) is 55.1. The molecule has 6 fully saturated rings. The summed E-state index contributed by atoms with van der Waals surface area (Å²) < 4.78 is 15.2. The van der Waals surface area contributed by atoms with Crippen molar-refractivity contribution >= 4 is 34.4 Å². The lowest BCUT2D eigenvalue weighted by Gasteiger charge is -2.73. The van der Waals surface area contributed by atoms with Crippen LogP contribution in [0, 0.1) is 56.7 Å². The Hall–Kier alpha value is -4.63. The van der Waals surface area contributed by atoms with E-state index in [2.05, 4.69) is 139 Å². The van der Waals surface area contributed by atoms with Crippen LogP contribution in [0.5, 0.6) is 0 Å². The Kier molecular flexibility index (Phi) is 15.2. The molecule has 0 unspecified atom stereocenters. The standard InChI is InChI=1S/C65H89N4O5.ClH/c1-13-66(14-2)46-21-23-49-52(40-46)74-53-41-47(67(15-3)16-4)22-24-50(53)57(49)44-19-17-20-45(39-44)59(71)68-35-18-36-69(38-37-68)60(72)65-32-27-48(42(5)6)58(65)51-25-26-55-62(10)30-29-56(73-43(7)70)61(8,9)54(62)28-31-64(55,12)63(51,11)33-34-65;/h17,19-24,39-41,48,51,54-56,58H,5,13-16,18,25-38H2,1-4,6-12H3;1H/q+1;/p-1/t48-,51+,54-,55+,56-,58+,62-,63+,64+,65-;/m0./s1. The fourth-order valence-electron chi connectivity index (χ4n) is 18.3. The van der Waals surface area contributed by atoms with E-state index in [1.807, 2.05) is 17.0 Å². The van der Waals surface area contributed by atoms with Crippen LogP contribution in [-0.2, 0) is 14.3 Å². The zero-order chi connectivity index (χ0) is 52.7. The number of carbonyl (C=O) groups excluding carboxylic acids is 3. The number of ether oxygens (including phenoxy) is 1. The van der Waals surface area contributed by atoms with E-state index < -0.39 is 5.41 Å². The molecule has 406 valence electrons. The molecule has 75 heavy (non-hydrogen) atoms. The van der Waals surface area contributed by atoms with Crippen LogP contribution < -0.4 is 27.2 Å². The van der Waals surface area contributed by atoms with E-state index in [1.54, 1.807) is 6.92 Å². The molecule has 0 radical (unpaired) electrons. The molecule has 9 nitrogen and oxygen atoms in total. The predicted molar refractivity (Wildman–Crippen MR) is 300 cm³/mol. The second-order valence-electron chi connectivity index (χ2n) is 25.5. The van der Waals surface area contributed by atoms with Gasteiger partial charge in [0.25, 0.3) is 5.91 Å². The topological polar surface area (TPSA) is 86.3 Å². The number of halogens is 1. The summed E-state index contributed by atoms with van der Waals surface area (Å²) in [6.07, 6.45) is 11.5. The Morgan fingerprint density at radius 1 is 0.760 bits per heavy atom. The molecule has 0 bridgehead atoms. The van der Waals surface area contributed by atoms with Crippen molar-refractivity contribution in [3.05, 3.63) is 83.7 Å². The van der Waals surface area contributed by atoms with Gasteiger partial charge in [0.15, 0.2) is 0 Å². The summed E-state index contributed by atoms with van der Waals surface area (Å²) in [5, 5.41) is 2.15. The second kappa shape index (κ2) is 20.6. The van der Waals surface area contributed by atoms with E-state index in [-0.39, 0.29) is 58.0 Å². The minimum atomic E-state index is -0.401. The second-order valence-corrected chi connectivity index (χ2v) is 25.5. The van der Waals surface area contributed by atoms with Crippen molar-refractivity contribution in [2.45, 2.75) is 153 Å². The minimum Gasteiger partial charge on any atom is -1.00 e. The number of hydrogen-bond donors (Lipinski definition) is 0. The Labute approximate surface area is 455 Å². The predicted octanol–water partition coefficient (Wildman–Crippen LogP) is 10.1. The molecule has 0 aromatic heterocycles. The number of esters is 1. The van der Waals surface area contributed by atoms with Crippen LogP contribution in [-0.4, -0.2) is 86.0 Å². The molecule has 1 saturated heterocycles. The molecular formula is C65H89ClN4O5. The lowest BCUT2D eigenvalue weighted by molar-refractivity contribution is -0.249. The van der Waals surface area contributed by atoms with Crippen molar-refractivity contribution < 1.29 is 35.9 Å². The average Bonchev–Trinajstić information content (AvgIpc) is 3.62. The van der Waals surface area contributed by atoms with Crippen LogP contribution in [0.1, 0.15) is 157 Å². The highest BCUT2D eigenvalue weighted by Gasteiger charge is 2.72. The number of benzene rings is 3. The number of anilines is 1. The highest BCUT2D eigenvalue weighted by molar-refractivity contribution is 6.04. The zero-order valence-corrected chi connectivity index (χ0v) is 48.3. The van der Waals surface area contributed by atoms with Gasteiger partial charge in [-0.15, -0.1) is 0 Å². The molecule has 5 saturated carbocycles. The first-order valence-corrected chi connectivity index (χ1v) is 29.1. The third kappa shape index (κ3) is 8.78. The van der Waals surface area contributed by atoms with Crippen LogP contribution >= 0.6 is 0 Å². The molecule has 0 spiro atoms. The van der Waals surface area contributed by atoms with Gasteiger partial charge in [0.1, 0.15) is 30.5 Å². The third-order valence-corrected chi connectivity index (χ3v) is 22.2. The summed E-state index contributed by atoms with van der Waals surface area (Å²) in [6, 6.07) is 21.3. The first-order valence-electron chi connectivity index (χ1n) is 29.1. The largest absolute Gasteiger partial charge is 1.00 e. The van der Waals surface area contributed by atoms with Crippen molar-refractivity contribution in [3.8, 4) is 22.5 Å². The highest BCUT2D eigenvalue weighted by atomic mass is 35.5. The average molecular weight is 1040 g/mol. The van der Waals surface area contributed by atoms with E-state index in [1.165, 1.54) is 18.4 Å². The number of allylic oxidation sites excluding steroid dienone is 1. The molecule has 10 heteroatoms. The summed E-state index contributed by atoms with van der Waals surface area (Å²) in [5.74, 6) is 3.20. The zero-order valence-electron chi connectivity index (χ0n) is 47.6. The van der Waals surface area contributed by atoms with Gasteiger partial charge in [0.05, 0.1) is 11.5 Å². The first-order chi connectivity index (χ1) is 35.3. The van der Waals surface area contributed by atoms with E-state index >= 15 is 4.79 Å². The minimum absolute atomic E-state index is 0. The van der Waals surface area contributed by atoms with E-state index in [9.17, 15) is 9.59 Å². The molecule has 0 N–H and O–H groups in total. The fourth-order valence-corrected chi connectivity index (χ4v) is 18.3. The molecule has 2 amide bonds. The van der Waals surface area contributed by atoms with Crippen LogP contribution in [0.15, 0.2) is 77.2 Å². The van der Waals surface area contributed by atoms with Crippen LogP contribution in [0.4, 0.5) is 5.69 Å². The van der Waals surface area contributed by atoms with E-state index in [4.69, 9.17) is 9.15 Å². The maximum atomic E-state index is 15.7. The third-order valence-electron chi connectivity index (χ3n) is 22.2. The summed E-state index contributed by atoms with van der Waals surface area (Å²) >= 11 is 0. The SMILES string of the molecule is C=C(C)[C@@H]1CC[C@]2(C(=O)N3CCCN(C(=O)c4cccc(-c5c6ccc(=[N+](CC)CC)cc-6oc6cc(N(CC)CC)ccc56)c4)CC3)CC[C@]3(C)[C@H](CC[C@@H]4[C@@]5(C)CC[C@H](OC(C)=O)C(C)(C)[C@@H]5CC[C@]43C)[C@@H]12.[Cl-]. The number of carbonyl (C=O) groups is 3. The van der Waals surface area contributed by atoms with Crippen molar-refractivity contribution in [3.63, 3.8) is 0 Å². The lowest BCUT2D eigenvalue weighted by atomic mass is 9.32. The summed E-state index contributed by atoms with van der Waals surface area (Å²) in [4.78, 5) is 49.4. The van der Waals surface area contributed by atoms with Crippen LogP contribution in [0.2, 0.25) is 0 Å². The quantitative estimate of drug-likeness (QED) is 0.0681. The maximum Gasteiger partial charge on any atom is 0.302 e. The number of rotatable bonds is 10. The molecule has 2 aromatic carbocycles. The lowest BCUT2D eigenvalue weighted by Crippen LogP contribution is -3.00. The Morgan fingerprint density at radius 3 is 2.20 bits per heavy atom. The van der Waals surface area contributed by atoms with Gasteiger partial charge in [-0.3, -0.25) is 14.4 Å². The molecule has 10 atom stereocenters. The molecule has 8 aliphatic rings. The van der Waals surface area contributed by atoms with Crippen molar-refractivity contribution in [2.75, 3.05) is 57.3 Å². The number of fused-ring (bicyclic) bond motifs is 9. The fraction of sp³-hybridized carbons (Fsp3) is 0.631. The van der Waals surface area contributed by atoms with Gasteiger partial charge >= 0.3 is 5.97 Å². The summed E-state index contributed by atoms with van der Waals surface area (Å²) in [7, 11) is 0. The molecule has 6 aliphatic carbocycles. The van der Waals surface area contributed by atoms with Gasteiger partial charge in [-0.1, -0.05) is 58.9 Å². The van der Waals surface area contributed by atoms with Gasteiger partial charge in [-0.25, -0.2) is 4.58 Å². The molecule has 2 aromatic rings. The van der Waals surface area contributed by atoms with Gasteiger partial charge < -0.3 is 36.3 Å². The van der Waals surface area contributed by atoms with Gasteiger partial charge in [-0.2, -0.15) is 0 Å². The smallest absolute Gasteiger partial charge is 0.302 e. The van der Waals surface area contributed by atoms with Gasteiger partial charge in [0.2, 0.25) is 11.3 Å². The van der Waals surface area contributed by atoms with Gasteiger partial charge in [0, 0.05) is 91.5 Å². The number of nitrogens with zero attached hydrogens (tertiary/aromatic N) is 4. The monoisotopic (exact) mass is 1040 g/mol. The van der Waals surface area contributed by atoms with Crippen LogP contribution in [0.25, 0.3) is 33.4 Å². The number of hydrogen-bond acceptors (Lipinski definition) is 6. The Balaban J connectivity index is 0.00000689. The Bertz CT molecular complexity index is 2880. The molecular weight excluding hydrogens is 952 g/mol. The van der Waals surface area contributed by atoms with E-state index in [0.29, 0.717) is 61.3 Å². The highest BCUT2D eigenvalue weighted by Crippen LogP contribution is 2.78. The Morgan fingerprint density at radius 2 is 1.49 bits per heavy atom. The van der Waals surface area contributed by atoms with Crippen molar-refractivity contribution in [1.29, 1.82) is 0 Å². The molecule has 2 aliphatic heterocycles. The van der Waals surface area contributed by atoms with Crippen molar-refractivity contribution in [2.24, 2.45) is 56.7 Å². The maximum absolute atomic E-state index is 15.7. The van der Waals surface area contributed by atoms with Gasteiger partial charge in [-0.05, 0) is 187 Å². The van der Waals surface area contributed by atoms with Crippen LogP contribution in [0.3, 0.4) is 0 Å². The molecule has 2 heterocycles. The normalized spacial score (nSPS) is 32.0. The van der Waals surface area contributed by atoms with E-state index in [0.717, 1.165) is 128 Å². The number of amides is 2. The summed E-state index contributed by atoms with van der Waals surface area (Å²) in [6.45, 7) is 35.8. The van der Waals surface area contributed by atoms with Crippen molar-refractivity contribution in [1.82, 2.24) is 14.4 Å². The summed E-state index contributed by atoms with van der Waals surface area (Å²) in [5.41, 5.74) is 6.92. The molecule has 10 rings (SSSR count).